The molecule has 0 radical (unpaired) electrons. The molecule has 2 rings (SSSR count). The van der Waals surface area contributed by atoms with Gasteiger partial charge in [0, 0.05) is 31.9 Å². The molecule has 1 N–H and O–H groups in total. The zero-order valence-electron chi connectivity index (χ0n) is 12.8. The summed E-state index contributed by atoms with van der Waals surface area (Å²) in [7, 11) is 0. The van der Waals surface area contributed by atoms with E-state index in [9.17, 15) is 0 Å². The van der Waals surface area contributed by atoms with Crippen LogP contribution in [0.4, 0.5) is 0 Å². The smallest absolute Gasteiger partial charge is 0.108 e. The van der Waals surface area contributed by atoms with Crippen molar-refractivity contribution in [3.05, 3.63) is 53.6 Å². The fourth-order valence-corrected chi connectivity index (χ4v) is 2.43. The minimum absolute atomic E-state index is 0.559. The van der Waals surface area contributed by atoms with E-state index in [1.807, 2.05) is 6.20 Å². The Kier molecular flexibility index (Phi) is 5.36. The molecular weight excluding hydrogens is 246 g/mol. The minimum atomic E-state index is 0.559. The van der Waals surface area contributed by atoms with Crippen LogP contribution in [0.3, 0.4) is 0 Å². The van der Waals surface area contributed by atoms with E-state index >= 15 is 0 Å². The van der Waals surface area contributed by atoms with Gasteiger partial charge >= 0.3 is 0 Å². The van der Waals surface area contributed by atoms with E-state index < -0.39 is 0 Å². The van der Waals surface area contributed by atoms with Crippen molar-refractivity contribution >= 4 is 0 Å². The van der Waals surface area contributed by atoms with Gasteiger partial charge < -0.3 is 9.88 Å². The van der Waals surface area contributed by atoms with Gasteiger partial charge in [0.2, 0.25) is 0 Å². The second-order valence-electron chi connectivity index (χ2n) is 5.28. The maximum atomic E-state index is 4.37. The molecule has 0 saturated heterocycles. The Morgan fingerprint density at radius 3 is 2.60 bits per heavy atom. The summed E-state index contributed by atoms with van der Waals surface area (Å²) in [5, 5.41) is 3.40. The summed E-state index contributed by atoms with van der Waals surface area (Å²) < 4.78 is 2.22. The highest BCUT2D eigenvalue weighted by Gasteiger charge is 2.05. The third kappa shape index (κ3) is 3.70. The Morgan fingerprint density at radius 1 is 1.20 bits per heavy atom. The van der Waals surface area contributed by atoms with Gasteiger partial charge in [-0.1, -0.05) is 45.0 Å². The summed E-state index contributed by atoms with van der Waals surface area (Å²) in [6.45, 7) is 9.53. The average molecular weight is 271 g/mol. The Hall–Kier alpha value is -1.61. The van der Waals surface area contributed by atoms with Gasteiger partial charge in [-0.3, -0.25) is 0 Å². The molecule has 2 aromatic rings. The van der Waals surface area contributed by atoms with E-state index in [2.05, 4.69) is 66.1 Å². The number of nitrogens with one attached hydrogen (secondary N) is 1. The van der Waals surface area contributed by atoms with Crippen LogP contribution < -0.4 is 5.32 Å². The molecule has 0 amide bonds. The molecular formula is C17H25N3. The second kappa shape index (κ2) is 7.25. The number of nitrogens with zero attached hydrogens (tertiary/aromatic N) is 2. The topological polar surface area (TPSA) is 29.9 Å². The summed E-state index contributed by atoms with van der Waals surface area (Å²) in [4.78, 5) is 4.37. The molecule has 0 spiro atoms. The van der Waals surface area contributed by atoms with E-state index in [1.54, 1.807) is 0 Å². The molecule has 1 heterocycles. The van der Waals surface area contributed by atoms with Gasteiger partial charge in [0.15, 0.2) is 0 Å². The van der Waals surface area contributed by atoms with Gasteiger partial charge in [-0.25, -0.2) is 4.98 Å². The molecule has 3 nitrogen and oxygen atoms in total. The molecule has 0 saturated carbocycles. The number of benzene rings is 1. The maximum absolute atomic E-state index is 4.37. The van der Waals surface area contributed by atoms with Crippen molar-refractivity contribution < 1.29 is 0 Å². The van der Waals surface area contributed by atoms with Crippen molar-refractivity contribution in [1.29, 1.82) is 0 Å². The summed E-state index contributed by atoms with van der Waals surface area (Å²) >= 11 is 0. The lowest BCUT2D eigenvalue weighted by molar-refractivity contribution is 0.634. The summed E-state index contributed by atoms with van der Waals surface area (Å²) in [6.07, 6.45) is 4.91. The first-order valence-electron chi connectivity index (χ1n) is 7.54. The molecule has 1 atom stereocenters. The fourth-order valence-electron chi connectivity index (χ4n) is 2.43. The predicted molar refractivity (Wildman–Crippen MR) is 84.1 cm³/mol. The van der Waals surface area contributed by atoms with E-state index in [-0.39, 0.29) is 0 Å². The number of aryl methyl sites for hydroxylation is 1. The van der Waals surface area contributed by atoms with E-state index in [0.29, 0.717) is 5.92 Å². The number of hydrogen-bond acceptors (Lipinski definition) is 2. The van der Waals surface area contributed by atoms with Crippen LogP contribution in [-0.4, -0.2) is 22.6 Å². The fraction of sp³-hybridized carbons (Fsp3) is 0.471. The van der Waals surface area contributed by atoms with Crippen LogP contribution in [0, 0.1) is 0 Å². The van der Waals surface area contributed by atoms with Crippen LogP contribution >= 0.6 is 0 Å². The first kappa shape index (κ1) is 14.8. The standard InChI is InChI=1S/C17H25N3/c1-4-17-19-10-11-20(17)13-15-6-8-16(9-7-15)14(3)12-18-5-2/h6-11,14,18H,4-5,12-13H2,1-3H3. The van der Waals surface area contributed by atoms with Gasteiger partial charge in [0.05, 0.1) is 0 Å². The molecule has 0 fully saturated rings. The molecule has 3 heteroatoms. The Bertz CT molecular complexity index is 513. The van der Waals surface area contributed by atoms with Crippen LogP contribution in [0.5, 0.6) is 0 Å². The zero-order valence-corrected chi connectivity index (χ0v) is 12.8. The van der Waals surface area contributed by atoms with Gasteiger partial charge in [0.25, 0.3) is 0 Å². The predicted octanol–water partition coefficient (Wildman–Crippen LogP) is 3.21. The van der Waals surface area contributed by atoms with Gasteiger partial charge in [-0.15, -0.1) is 0 Å². The summed E-state index contributed by atoms with van der Waals surface area (Å²) in [5.74, 6) is 1.71. The normalized spacial score (nSPS) is 12.6. The SMILES string of the molecule is CCNCC(C)c1ccc(Cn2ccnc2CC)cc1. The number of aromatic nitrogens is 2. The van der Waals surface area contributed by atoms with Crippen molar-refractivity contribution in [2.24, 2.45) is 0 Å². The quantitative estimate of drug-likeness (QED) is 0.838. The third-order valence-corrected chi connectivity index (χ3v) is 3.72. The highest BCUT2D eigenvalue weighted by Crippen LogP contribution is 2.16. The van der Waals surface area contributed by atoms with Crippen LogP contribution in [0.25, 0.3) is 0 Å². The number of likely N-dealkylation sites (N-methyl/N-ethyl adjacent to an activating group) is 1. The lowest BCUT2D eigenvalue weighted by atomic mass is 10.00. The first-order valence-corrected chi connectivity index (χ1v) is 7.54. The van der Waals surface area contributed by atoms with E-state index in [4.69, 9.17) is 0 Å². The molecule has 1 unspecified atom stereocenters. The van der Waals surface area contributed by atoms with E-state index in [0.717, 1.165) is 31.9 Å². The van der Waals surface area contributed by atoms with Crippen molar-refractivity contribution in [2.75, 3.05) is 13.1 Å². The Balaban J connectivity index is 2.01. The molecule has 1 aromatic heterocycles. The summed E-state index contributed by atoms with van der Waals surface area (Å²) in [6, 6.07) is 8.97. The maximum Gasteiger partial charge on any atom is 0.108 e. The molecule has 0 aliphatic rings. The lowest BCUT2D eigenvalue weighted by Gasteiger charge is -2.13. The molecule has 0 bridgehead atoms. The zero-order chi connectivity index (χ0) is 14.4. The summed E-state index contributed by atoms with van der Waals surface area (Å²) in [5.41, 5.74) is 2.73. The molecule has 108 valence electrons. The van der Waals surface area contributed by atoms with Crippen molar-refractivity contribution in [3.8, 4) is 0 Å². The van der Waals surface area contributed by atoms with Gasteiger partial charge in [-0.2, -0.15) is 0 Å². The largest absolute Gasteiger partial charge is 0.331 e. The average Bonchev–Trinajstić information content (AvgIpc) is 2.92. The van der Waals surface area contributed by atoms with Crippen LogP contribution in [0.1, 0.15) is 43.6 Å². The highest BCUT2D eigenvalue weighted by molar-refractivity contribution is 5.25. The van der Waals surface area contributed by atoms with Crippen molar-refractivity contribution in [2.45, 2.75) is 39.7 Å². The van der Waals surface area contributed by atoms with Crippen molar-refractivity contribution in [1.82, 2.24) is 14.9 Å². The van der Waals surface area contributed by atoms with Crippen molar-refractivity contribution in [3.63, 3.8) is 0 Å². The van der Waals surface area contributed by atoms with Gasteiger partial charge in [0.1, 0.15) is 5.82 Å². The molecule has 1 aromatic carbocycles. The second-order valence-corrected chi connectivity index (χ2v) is 5.28. The number of rotatable bonds is 7. The van der Waals surface area contributed by atoms with E-state index in [1.165, 1.54) is 11.1 Å². The van der Waals surface area contributed by atoms with Crippen LogP contribution in [0.2, 0.25) is 0 Å². The highest BCUT2D eigenvalue weighted by atomic mass is 15.1. The van der Waals surface area contributed by atoms with Crippen LogP contribution in [-0.2, 0) is 13.0 Å². The minimum Gasteiger partial charge on any atom is -0.331 e. The first-order chi connectivity index (χ1) is 9.74. The molecule has 0 aliphatic carbocycles. The number of hydrogen-bond donors (Lipinski definition) is 1. The van der Waals surface area contributed by atoms with Gasteiger partial charge in [-0.05, 0) is 23.6 Å². The lowest BCUT2D eigenvalue weighted by Crippen LogP contribution is -2.19. The monoisotopic (exact) mass is 271 g/mol. The Labute approximate surface area is 122 Å². The number of imidazole rings is 1. The molecule has 0 aliphatic heterocycles. The van der Waals surface area contributed by atoms with Crippen LogP contribution in [0.15, 0.2) is 36.7 Å². The Morgan fingerprint density at radius 2 is 1.95 bits per heavy atom. The third-order valence-electron chi connectivity index (χ3n) is 3.72. The molecule has 20 heavy (non-hydrogen) atoms.